The van der Waals surface area contributed by atoms with Gasteiger partial charge >= 0.3 is 0 Å². The molecule has 0 bridgehead atoms. The Hall–Kier alpha value is -4.23. The summed E-state index contributed by atoms with van der Waals surface area (Å²) in [5, 5.41) is 4.74. The van der Waals surface area contributed by atoms with E-state index in [-0.39, 0.29) is 24.8 Å². The molecule has 0 aliphatic carbocycles. The predicted molar refractivity (Wildman–Crippen MR) is 170 cm³/mol. The van der Waals surface area contributed by atoms with Crippen molar-refractivity contribution in [2.45, 2.75) is 58.0 Å². The Kier molecular flexibility index (Phi) is 8.28. The fourth-order valence-electron chi connectivity index (χ4n) is 6.41. The van der Waals surface area contributed by atoms with Crippen LogP contribution in [0.15, 0.2) is 36.5 Å². The van der Waals surface area contributed by atoms with Crippen LogP contribution in [0.3, 0.4) is 0 Å². The quantitative estimate of drug-likeness (QED) is 0.292. The Morgan fingerprint density at radius 2 is 1.80 bits per heavy atom. The third-order valence-corrected chi connectivity index (χ3v) is 8.99. The van der Waals surface area contributed by atoms with Crippen LogP contribution in [0, 0.1) is 0 Å². The molecule has 0 N–H and O–H groups in total. The van der Waals surface area contributed by atoms with Crippen LogP contribution >= 0.6 is 0 Å². The number of benzene rings is 1. The minimum absolute atomic E-state index is 0.0732. The van der Waals surface area contributed by atoms with Crippen molar-refractivity contribution in [2.24, 2.45) is 0 Å². The molecule has 0 spiro atoms. The van der Waals surface area contributed by atoms with Gasteiger partial charge in [0.1, 0.15) is 0 Å². The molecule has 13 nitrogen and oxygen atoms in total. The molecule has 0 saturated carbocycles. The smallest absolute Gasteiger partial charge is 0.254 e. The van der Waals surface area contributed by atoms with Crippen LogP contribution < -0.4 is 14.5 Å². The lowest BCUT2D eigenvalue weighted by atomic mass is 10.1. The first-order valence-electron chi connectivity index (χ1n) is 16.0. The van der Waals surface area contributed by atoms with Gasteiger partial charge in [0.05, 0.1) is 25.3 Å². The third-order valence-electron chi connectivity index (χ3n) is 8.99. The number of likely N-dealkylation sites (N-methyl/N-ethyl adjacent to an activating group) is 1. The number of nitrogens with zero attached hydrogens (tertiary/aromatic N) is 9. The number of ether oxygens (including phenoxy) is 3. The van der Waals surface area contributed by atoms with Crippen LogP contribution in [0.25, 0.3) is 28.2 Å². The number of aromatic nitrogens is 6. The van der Waals surface area contributed by atoms with Gasteiger partial charge in [-0.3, -0.25) is 9.36 Å². The van der Waals surface area contributed by atoms with E-state index in [1.54, 1.807) is 16.7 Å². The first-order valence-corrected chi connectivity index (χ1v) is 16.0. The molecule has 1 aromatic carbocycles. The second-order valence-electron chi connectivity index (χ2n) is 11.9. The minimum Gasteiger partial charge on any atom is -0.479 e. The molecule has 1 amide bonds. The second-order valence-corrected chi connectivity index (χ2v) is 11.9. The van der Waals surface area contributed by atoms with Crippen LogP contribution in [-0.4, -0.2) is 106 Å². The lowest BCUT2D eigenvalue weighted by Gasteiger charge is -2.35. The maximum absolute atomic E-state index is 12.7. The summed E-state index contributed by atoms with van der Waals surface area (Å²) in [5.41, 5.74) is 3.28. The van der Waals surface area contributed by atoms with E-state index in [0.29, 0.717) is 37.1 Å². The van der Waals surface area contributed by atoms with Crippen molar-refractivity contribution >= 4 is 28.8 Å². The standard InChI is InChI=1S/C32H41N9O4/c1-4-40-29-27(33-32(40)39-18-17-37(2)25(42)21-39)28(38-15-13-23(14-16-38)45-26-12-8-9-19-44-26)34-31(35-29)41-20-24(30(36-41)43-3)22-10-6-5-7-11-22/h5-7,10-11,20,23,26H,4,8-9,12-19,21H2,1-3H3. The number of amides is 1. The largest absolute Gasteiger partial charge is 0.479 e. The van der Waals surface area contributed by atoms with Crippen LogP contribution in [0.2, 0.25) is 0 Å². The van der Waals surface area contributed by atoms with Crippen LogP contribution in [-0.2, 0) is 20.8 Å². The Balaban J connectivity index is 1.27. The molecule has 3 aliphatic heterocycles. The summed E-state index contributed by atoms with van der Waals surface area (Å²) in [6, 6.07) is 10.0. The summed E-state index contributed by atoms with van der Waals surface area (Å²) >= 11 is 0. The summed E-state index contributed by atoms with van der Waals surface area (Å²) in [7, 11) is 3.46. The van der Waals surface area contributed by atoms with Crippen molar-refractivity contribution in [1.29, 1.82) is 0 Å². The number of carbonyl (C=O) groups excluding carboxylic acids is 1. The number of carbonyl (C=O) groups is 1. The van der Waals surface area contributed by atoms with E-state index in [2.05, 4.69) is 16.4 Å². The summed E-state index contributed by atoms with van der Waals surface area (Å²) in [5.74, 6) is 2.49. The highest BCUT2D eigenvalue weighted by Gasteiger charge is 2.31. The van der Waals surface area contributed by atoms with Gasteiger partial charge in [-0.05, 0) is 44.6 Å². The van der Waals surface area contributed by atoms with E-state index < -0.39 is 0 Å². The van der Waals surface area contributed by atoms with Gasteiger partial charge in [-0.1, -0.05) is 30.3 Å². The molecule has 13 heteroatoms. The van der Waals surface area contributed by atoms with E-state index in [0.717, 1.165) is 80.2 Å². The third kappa shape index (κ3) is 5.82. The van der Waals surface area contributed by atoms with Gasteiger partial charge in [0.25, 0.3) is 5.95 Å². The van der Waals surface area contributed by atoms with Crippen molar-refractivity contribution in [3.63, 3.8) is 0 Å². The highest BCUT2D eigenvalue weighted by molar-refractivity contribution is 5.88. The zero-order chi connectivity index (χ0) is 30.9. The Labute approximate surface area is 262 Å². The molecule has 3 fully saturated rings. The molecule has 4 aromatic rings. The van der Waals surface area contributed by atoms with Gasteiger partial charge in [0, 0.05) is 52.6 Å². The maximum atomic E-state index is 12.7. The number of methoxy groups -OCH3 is 1. The lowest BCUT2D eigenvalue weighted by Crippen LogP contribution is -2.49. The molecule has 6 heterocycles. The Morgan fingerprint density at radius 1 is 0.978 bits per heavy atom. The van der Waals surface area contributed by atoms with Crippen LogP contribution in [0.1, 0.15) is 39.0 Å². The van der Waals surface area contributed by atoms with Crippen LogP contribution in [0.5, 0.6) is 5.88 Å². The van der Waals surface area contributed by atoms with Crippen molar-refractivity contribution < 1.29 is 19.0 Å². The number of hydrogen-bond donors (Lipinski definition) is 0. The highest BCUT2D eigenvalue weighted by Crippen LogP contribution is 2.34. The van der Waals surface area contributed by atoms with Crippen molar-refractivity contribution in [3.05, 3.63) is 36.5 Å². The molecule has 7 rings (SSSR count). The van der Waals surface area contributed by atoms with Crippen molar-refractivity contribution in [3.8, 4) is 23.0 Å². The highest BCUT2D eigenvalue weighted by atomic mass is 16.7. The molecule has 3 saturated heterocycles. The normalized spacial score (nSPS) is 19.9. The van der Waals surface area contributed by atoms with Crippen LogP contribution in [0.4, 0.5) is 11.8 Å². The maximum Gasteiger partial charge on any atom is 0.254 e. The number of hydrogen-bond acceptors (Lipinski definition) is 10. The predicted octanol–water partition coefficient (Wildman–Crippen LogP) is 3.50. The summed E-state index contributed by atoms with van der Waals surface area (Å²) < 4.78 is 21.6. The molecular weight excluding hydrogens is 574 g/mol. The molecule has 3 aliphatic rings. The number of imidazole rings is 1. The lowest BCUT2D eigenvalue weighted by molar-refractivity contribution is -0.191. The fraction of sp³-hybridized carbons (Fsp3) is 0.531. The SMILES string of the molecule is CCn1c(N2CCN(C)C(=O)C2)nc2c(N3CCC(OC4CCCCO4)CC3)nc(-n3cc(-c4ccccc4)c(OC)n3)nc21. The monoisotopic (exact) mass is 615 g/mol. The van der Waals surface area contributed by atoms with Gasteiger partial charge in [-0.15, -0.1) is 5.10 Å². The number of fused-ring (bicyclic) bond motifs is 1. The van der Waals surface area contributed by atoms with Gasteiger partial charge in [-0.25, -0.2) is 9.67 Å². The minimum atomic E-state index is -0.102. The fourth-order valence-corrected chi connectivity index (χ4v) is 6.41. The molecule has 1 atom stereocenters. The van der Waals surface area contributed by atoms with E-state index in [1.807, 2.05) is 48.5 Å². The number of piperazine rings is 1. The molecule has 0 radical (unpaired) electrons. The first kappa shape index (κ1) is 29.5. The summed E-state index contributed by atoms with van der Waals surface area (Å²) in [6.45, 7) is 6.63. The van der Waals surface area contributed by atoms with Gasteiger partial charge < -0.3 is 28.9 Å². The Morgan fingerprint density at radius 3 is 2.51 bits per heavy atom. The number of anilines is 2. The molecule has 238 valence electrons. The summed E-state index contributed by atoms with van der Waals surface area (Å²) in [6.07, 6.45) is 6.90. The zero-order valence-corrected chi connectivity index (χ0v) is 26.3. The number of piperidine rings is 1. The average Bonchev–Trinajstić information content (AvgIpc) is 3.69. The van der Waals surface area contributed by atoms with Crippen molar-refractivity contribution in [2.75, 3.05) is 63.3 Å². The van der Waals surface area contributed by atoms with Crippen molar-refractivity contribution in [1.82, 2.24) is 34.2 Å². The van der Waals surface area contributed by atoms with E-state index in [1.165, 1.54) is 0 Å². The molecular formula is C32H41N9O4. The van der Waals surface area contributed by atoms with Gasteiger partial charge in [0.2, 0.25) is 17.7 Å². The average molecular weight is 616 g/mol. The topological polar surface area (TPSA) is 116 Å². The summed E-state index contributed by atoms with van der Waals surface area (Å²) in [4.78, 5) is 34.0. The second kappa shape index (κ2) is 12.6. The van der Waals surface area contributed by atoms with E-state index >= 15 is 0 Å². The molecule has 1 unspecified atom stereocenters. The number of aryl methyl sites for hydroxylation is 1. The zero-order valence-electron chi connectivity index (χ0n) is 26.3. The number of rotatable bonds is 8. The van der Waals surface area contributed by atoms with E-state index in [9.17, 15) is 4.79 Å². The molecule has 3 aromatic heterocycles. The Bertz CT molecular complexity index is 1640. The van der Waals surface area contributed by atoms with E-state index in [4.69, 9.17) is 34.3 Å². The van der Waals surface area contributed by atoms with Gasteiger partial charge in [0.15, 0.2) is 23.3 Å². The first-order chi connectivity index (χ1) is 22.0. The molecule has 45 heavy (non-hydrogen) atoms. The van der Waals surface area contributed by atoms with Gasteiger partial charge in [-0.2, -0.15) is 9.97 Å².